The Kier molecular flexibility index (Phi) is 5.09. The van der Waals surface area contributed by atoms with Gasteiger partial charge in [0.25, 0.3) is 0 Å². The zero-order chi connectivity index (χ0) is 8.69. The average Bonchev–Trinajstić information content (AvgIpc) is 1.97. The predicted molar refractivity (Wildman–Crippen MR) is 36.1 cm³/mol. The number of rotatable bonds is 3. The lowest BCUT2D eigenvalue weighted by Crippen LogP contribution is -2.18. The molecule has 0 saturated carbocycles. The van der Waals surface area contributed by atoms with Crippen LogP contribution in [0.5, 0.6) is 0 Å². The number of amides is 1. The molecule has 0 atom stereocenters. The van der Waals surface area contributed by atoms with E-state index in [1.54, 1.807) is 5.43 Å². The molecule has 0 fully saturated rings. The molecule has 0 aliphatic heterocycles. The van der Waals surface area contributed by atoms with Crippen molar-refractivity contribution in [3.63, 3.8) is 0 Å². The van der Waals surface area contributed by atoms with E-state index in [2.05, 4.69) is 9.21 Å². The van der Waals surface area contributed by atoms with Crippen molar-refractivity contribution in [1.29, 1.82) is 0 Å². The number of hydrogen-bond donors (Lipinski definition) is 1. The van der Waals surface area contributed by atoms with Gasteiger partial charge in [-0.1, -0.05) is 6.92 Å². The van der Waals surface area contributed by atoms with Gasteiger partial charge in [0.2, 0.25) is 0 Å². The lowest BCUT2D eigenvalue weighted by molar-refractivity contribution is 0.147. The normalized spacial score (nSPS) is 8.45. The van der Waals surface area contributed by atoms with Gasteiger partial charge >= 0.3 is 16.6 Å². The molecule has 0 heterocycles. The average molecular weight is 180 g/mol. The van der Waals surface area contributed by atoms with Crippen LogP contribution in [0.2, 0.25) is 0 Å². The molecule has 0 aromatic rings. The fourth-order valence-corrected chi connectivity index (χ4v) is 0.451. The van der Waals surface area contributed by atoms with Crippen molar-refractivity contribution >= 4 is 16.6 Å². The van der Waals surface area contributed by atoms with Crippen LogP contribution in [0.15, 0.2) is 4.47 Å². The third kappa shape index (κ3) is 6.78. The Bertz CT molecular complexity index is 237. The van der Waals surface area contributed by atoms with Gasteiger partial charge in [0.05, 0.1) is 6.61 Å². The van der Waals surface area contributed by atoms with E-state index in [0.29, 0.717) is 6.42 Å². The standard InChI is InChI=1S/C4H8N2O4S/c1-2-3-10-4(7)5-6-11(8)9/h2-3H2,1H3,(H,5,7). The molecule has 0 aromatic carbocycles. The first-order valence-corrected chi connectivity index (χ1v) is 3.93. The molecular weight excluding hydrogens is 172 g/mol. The predicted octanol–water partition coefficient (Wildman–Crippen LogP) is 0.100. The van der Waals surface area contributed by atoms with E-state index >= 15 is 0 Å². The number of carbonyl (C=O) groups excluding carboxylic acids is 1. The molecule has 0 unspecified atom stereocenters. The minimum atomic E-state index is -2.63. The molecule has 64 valence electrons. The van der Waals surface area contributed by atoms with Gasteiger partial charge in [0.15, 0.2) is 0 Å². The summed E-state index contributed by atoms with van der Waals surface area (Å²) in [7, 11) is -2.63. The quantitative estimate of drug-likeness (QED) is 0.624. The van der Waals surface area contributed by atoms with Crippen LogP contribution in [-0.2, 0) is 15.2 Å². The van der Waals surface area contributed by atoms with E-state index < -0.39 is 16.6 Å². The van der Waals surface area contributed by atoms with Crippen LogP contribution in [0.25, 0.3) is 0 Å². The molecule has 0 aliphatic carbocycles. The van der Waals surface area contributed by atoms with E-state index in [1.807, 2.05) is 6.92 Å². The van der Waals surface area contributed by atoms with Crippen molar-refractivity contribution < 1.29 is 17.9 Å². The smallest absolute Gasteiger partial charge is 0.428 e. The summed E-state index contributed by atoms with van der Waals surface area (Å²) in [6, 6.07) is 0. The second kappa shape index (κ2) is 5.66. The minimum Gasteiger partial charge on any atom is -0.448 e. The van der Waals surface area contributed by atoms with Crippen LogP contribution < -0.4 is 5.43 Å². The first-order chi connectivity index (χ1) is 5.16. The van der Waals surface area contributed by atoms with Gasteiger partial charge in [0, 0.05) is 0 Å². The lowest BCUT2D eigenvalue weighted by Gasteiger charge is -1.97. The van der Waals surface area contributed by atoms with Crippen LogP contribution in [0, 0.1) is 0 Å². The summed E-state index contributed by atoms with van der Waals surface area (Å²) in [4.78, 5) is 10.4. The second-order valence-corrected chi connectivity index (χ2v) is 2.17. The molecule has 1 amide bonds. The fraction of sp³-hybridized carbons (Fsp3) is 0.750. The third-order valence-electron chi connectivity index (χ3n) is 0.649. The van der Waals surface area contributed by atoms with Crippen LogP contribution in [0.4, 0.5) is 4.79 Å². The highest BCUT2D eigenvalue weighted by atomic mass is 32.2. The molecule has 0 saturated heterocycles. The number of nitrogens with one attached hydrogen (secondary N) is 1. The highest BCUT2D eigenvalue weighted by Crippen LogP contribution is 1.80. The number of hydrogen-bond acceptors (Lipinski definition) is 5. The summed E-state index contributed by atoms with van der Waals surface area (Å²) in [6.45, 7) is 2.06. The maximum absolute atomic E-state index is 10.4. The molecule has 0 bridgehead atoms. The first kappa shape index (κ1) is 9.89. The molecule has 1 N–H and O–H groups in total. The van der Waals surface area contributed by atoms with E-state index in [0.717, 1.165) is 0 Å². The Hall–Kier alpha value is -1.11. The van der Waals surface area contributed by atoms with Crippen LogP contribution in [-0.4, -0.2) is 21.1 Å². The van der Waals surface area contributed by atoms with Crippen molar-refractivity contribution in [3.8, 4) is 0 Å². The monoisotopic (exact) mass is 180 g/mol. The largest absolute Gasteiger partial charge is 0.448 e. The van der Waals surface area contributed by atoms with Crippen LogP contribution in [0.1, 0.15) is 13.3 Å². The van der Waals surface area contributed by atoms with Crippen LogP contribution in [0.3, 0.4) is 0 Å². The molecular formula is C4H8N2O4S. The van der Waals surface area contributed by atoms with Gasteiger partial charge in [-0.05, 0) is 10.9 Å². The highest BCUT2D eigenvalue weighted by molar-refractivity contribution is 7.61. The summed E-state index contributed by atoms with van der Waals surface area (Å²) in [5, 5.41) is 0. The first-order valence-electron chi connectivity index (χ1n) is 2.89. The Labute approximate surface area is 65.2 Å². The SMILES string of the molecule is CCCOC(=O)NN=S(=O)=O. The Morgan fingerprint density at radius 1 is 1.64 bits per heavy atom. The topological polar surface area (TPSA) is 84.8 Å². The summed E-state index contributed by atoms with van der Waals surface area (Å²) in [6.07, 6.45) is -0.190. The minimum absolute atomic E-state index is 0.243. The molecule has 0 rings (SSSR count). The summed E-state index contributed by atoms with van der Waals surface area (Å²) in [5.74, 6) is 0. The van der Waals surface area contributed by atoms with Crippen molar-refractivity contribution in [2.75, 3.05) is 6.61 Å². The van der Waals surface area contributed by atoms with Gasteiger partial charge < -0.3 is 4.74 Å². The van der Waals surface area contributed by atoms with Crippen molar-refractivity contribution in [2.45, 2.75) is 13.3 Å². The van der Waals surface area contributed by atoms with Gasteiger partial charge in [-0.3, -0.25) is 0 Å². The van der Waals surface area contributed by atoms with Gasteiger partial charge in [-0.25, -0.2) is 4.79 Å². The molecule has 0 spiro atoms. The second-order valence-electron chi connectivity index (χ2n) is 1.56. The van der Waals surface area contributed by atoms with E-state index in [-0.39, 0.29) is 6.61 Å². The zero-order valence-corrected chi connectivity index (χ0v) is 6.72. The maximum Gasteiger partial charge on any atom is 0.428 e. The van der Waals surface area contributed by atoms with Gasteiger partial charge in [-0.15, -0.1) is 0 Å². The lowest BCUT2D eigenvalue weighted by atomic mass is 10.5. The zero-order valence-electron chi connectivity index (χ0n) is 5.90. The summed E-state index contributed by atoms with van der Waals surface area (Å²) < 4.78 is 26.6. The molecule has 0 aromatic heterocycles. The molecule has 6 nitrogen and oxygen atoms in total. The maximum atomic E-state index is 10.4. The van der Waals surface area contributed by atoms with Crippen molar-refractivity contribution in [3.05, 3.63) is 0 Å². The third-order valence-corrected chi connectivity index (χ3v) is 0.889. The Morgan fingerprint density at radius 2 is 2.27 bits per heavy atom. The van der Waals surface area contributed by atoms with Gasteiger partial charge in [-0.2, -0.15) is 13.8 Å². The Balaban J connectivity index is 3.62. The fourth-order valence-electron chi connectivity index (χ4n) is 0.302. The number of ether oxygens (including phenoxy) is 1. The van der Waals surface area contributed by atoms with Crippen LogP contribution >= 0.6 is 0 Å². The van der Waals surface area contributed by atoms with E-state index in [4.69, 9.17) is 0 Å². The Morgan fingerprint density at radius 3 is 2.73 bits per heavy atom. The molecule has 0 aliphatic rings. The molecule has 0 radical (unpaired) electrons. The summed E-state index contributed by atoms with van der Waals surface area (Å²) in [5.41, 5.74) is 1.67. The van der Waals surface area contributed by atoms with Gasteiger partial charge in [0.1, 0.15) is 0 Å². The van der Waals surface area contributed by atoms with E-state index in [1.165, 1.54) is 0 Å². The molecule has 11 heavy (non-hydrogen) atoms. The number of carbonyl (C=O) groups is 1. The molecule has 7 heteroatoms. The number of nitrogens with zero attached hydrogens (tertiary/aromatic N) is 1. The van der Waals surface area contributed by atoms with E-state index in [9.17, 15) is 13.2 Å². The van der Waals surface area contributed by atoms with Crippen molar-refractivity contribution in [1.82, 2.24) is 5.43 Å². The highest BCUT2D eigenvalue weighted by Gasteiger charge is 1.96. The summed E-state index contributed by atoms with van der Waals surface area (Å²) >= 11 is 0. The van der Waals surface area contributed by atoms with Crippen molar-refractivity contribution in [2.24, 2.45) is 4.47 Å².